The molecule has 2 N–H and O–H groups in total. The summed E-state index contributed by atoms with van der Waals surface area (Å²) in [6.07, 6.45) is 4.36. The number of benzene rings is 1. The summed E-state index contributed by atoms with van der Waals surface area (Å²) in [6.45, 7) is 2.89. The molecule has 1 aliphatic heterocycles. The number of carbonyl (C=O) groups excluding carboxylic acids is 1. The monoisotopic (exact) mass is 303 g/mol. The molecular weight excluding hydrogens is 285 g/mol. The van der Waals surface area contributed by atoms with Gasteiger partial charge in [0.05, 0.1) is 0 Å². The molecule has 2 atom stereocenters. The Labute approximate surface area is 127 Å². The zero-order chi connectivity index (χ0) is 15.5. The quantitative estimate of drug-likeness (QED) is 0.906. The first-order valence-electron chi connectivity index (χ1n) is 7.32. The minimum Gasteiger partial charge on any atom is -0.326 e. The first kappa shape index (κ1) is 14.6. The van der Waals surface area contributed by atoms with Crippen LogP contribution in [0.15, 0.2) is 30.9 Å². The number of rotatable bonds is 3. The number of hydrogen-bond acceptors (Lipinski definition) is 4. The second-order valence-electron chi connectivity index (χ2n) is 5.57. The van der Waals surface area contributed by atoms with Crippen molar-refractivity contribution in [2.24, 2.45) is 5.92 Å². The summed E-state index contributed by atoms with van der Waals surface area (Å²) >= 11 is 0. The van der Waals surface area contributed by atoms with E-state index in [9.17, 15) is 9.18 Å². The van der Waals surface area contributed by atoms with E-state index in [1.807, 2.05) is 0 Å². The maximum Gasteiger partial charge on any atom is 0.227 e. The second kappa shape index (κ2) is 6.23. The summed E-state index contributed by atoms with van der Waals surface area (Å²) in [5.41, 5.74) is 0.753. The lowest BCUT2D eigenvalue weighted by Gasteiger charge is -2.27. The van der Waals surface area contributed by atoms with E-state index in [0.29, 0.717) is 17.4 Å². The molecule has 22 heavy (non-hydrogen) atoms. The Balaban J connectivity index is 1.70. The first-order valence-corrected chi connectivity index (χ1v) is 7.32. The van der Waals surface area contributed by atoms with Crippen LogP contribution in [0.5, 0.6) is 0 Å². The predicted octanol–water partition coefficient (Wildman–Crippen LogP) is 1.73. The standard InChI is InChI=1S/C15H18FN5O/c1-10-6-11(4-5-18-10)15(22)20-12-2-3-14(13(16)7-12)21-9-17-8-19-21/h2-3,7-11,18H,4-6H2,1H3,(H,20,22)/t10-,11-/m0/s1. The summed E-state index contributed by atoms with van der Waals surface area (Å²) in [4.78, 5) is 16.0. The average Bonchev–Trinajstić information content (AvgIpc) is 3.01. The fourth-order valence-electron chi connectivity index (χ4n) is 2.72. The van der Waals surface area contributed by atoms with Crippen LogP contribution in [0.1, 0.15) is 19.8 Å². The highest BCUT2D eigenvalue weighted by atomic mass is 19.1. The van der Waals surface area contributed by atoms with Gasteiger partial charge in [-0.15, -0.1) is 0 Å². The largest absolute Gasteiger partial charge is 0.326 e. The molecule has 2 aromatic rings. The third kappa shape index (κ3) is 3.14. The number of amides is 1. The van der Waals surface area contributed by atoms with E-state index in [-0.39, 0.29) is 11.8 Å². The fourth-order valence-corrected chi connectivity index (χ4v) is 2.72. The molecule has 1 saturated heterocycles. The van der Waals surface area contributed by atoms with Crippen LogP contribution in [-0.2, 0) is 4.79 Å². The van der Waals surface area contributed by atoms with Crippen molar-refractivity contribution in [1.82, 2.24) is 20.1 Å². The van der Waals surface area contributed by atoms with Gasteiger partial charge in [-0.25, -0.2) is 14.1 Å². The maximum atomic E-state index is 14.1. The summed E-state index contributed by atoms with van der Waals surface area (Å²) in [6, 6.07) is 4.88. The molecule has 3 rings (SSSR count). The maximum absolute atomic E-state index is 14.1. The molecule has 7 heteroatoms. The first-order chi connectivity index (χ1) is 10.6. The number of nitrogens with one attached hydrogen (secondary N) is 2. The van der Waals surface area contributed by atoms with Crippen LogP contribution < -0.4 is 10.6 Å². The normalized spacial score (nSPS) is 21.5. The van der Waals surface area contributed by atoms with Gasteiger partial charge >= 0.3 is 0 Å². The van der Waals surface area contributed by atoms with Crippen LogP contribution in [0.4, 0.5) is 10.1 Å². The average molecular weight is 303 g/mol. The van der Waals surface area contributed by atoms with Crippen molar-refractivity contribution in [3.63, 3.8) is 0 Å². The minimum absolute atomic E-state index is 0.0331. The van der Waals surface area contributed by atoms with Gasteiger partial charge in [0.1, 0.15) is 18.3 Å². The van der Waals surface area contributed by atoms with Crippen LogP contribution in [-0.4, -0.2) is 33.3 Å². The van der Waals surface area contributed by atoms with Gasteiger partial charge in [-0.1, -0.05) is 0 Å². The number of nitrogens with zero attached hydrogens (tertiary/aromatic N) is 3. The Hall–Kier alpha value is -2.28. The van der Waals surface area contributed by atoms with Gasteiger partial charge in [-0.2, -0.15) is 5.10 Å². The summed E-state index contributed by atoms with van der Waals surface area (Å²) in [5, 5.41) is 9.99. The Morgan fingerprint density at radius 3 is 3.05 bits per heavy atom. The molecule has 1 amide bonds. The topological polar surface area (TPSA) is 71.8 Å². The number of piperidine rings is 1. The fraction of sp³-hybridized carbons (Fsp3) is 0.400. The Morgan fingerprint density at radius 2 is 2.36 bits per heavy atom. The number of carbonyl (C=O) groups is 1. The van der Waals surface area contributed by atoms with Gasteiger partial charge in [0.25, 0.3) is 0 Å². The minimum atomic E-state index is -0.457. The summed E-state index contributed by atoms with van der Waals surface area (Å²) < 4.78 is 15.5. The van der Waals surface area contributed by atoms with Crippen LogP contribution in [0.25, 0.3) is 5.69 Å². The number of halogens is 1. The van der Waals surface area contributed by atoms with Gasteiger partial charge in [0.2, 0.25) is 5.91 Å². The summed E-state index contributed by atoms with van der Waals surface area (Å²) in [5.74, 6) is -0.544. The molecule has 0 bridgehead atoms. The van der Waals surface area contributed by atoms with E-state index in [1.165, 1.54) is 23.4 Å². The molecule has 0 aliphatic carbocycles. The number of anilines is 1. The van der Waals surface area contributed by atoms with Crippen molar-refractivity contribution in [3.05, 3.63) is 36.7 Å². The lowest BCUT2D eigenvalue weighted by Crippen LogP contribution is -2.40. The molecule has 1 aromatic heterocycles. The van der Waals surface area contributed by atoms with Gasteiger partial charge < -0.3 is 10.6 Å². The van der Waals surface area contributed by atoms with Crippen molar-refractivity contribution in [2.75, 3.05) is 11.9 Å². The third-order valence-electron chi connectivity index (χ3n) is 3.88. The molecule has 1 aliphatic rings. The van der Waals surface area contributed by atoms with Crippen molar-refractivity contribution < 1.29 is 9.18 Å². The van der Waals surface area contributed by atoms with Crippen LogP contribution in [0, 0.1) is 11.7 Å². The van der Waals surface area contributed by atoms with Crippen molar-refractivity contribution >= 4 is 11.6 Å². The van der Waals surface area contributed by atoms with E-state index in [4.69, 9.17) is 0 Å². The molecule has 1 fully saturated rings. The van der Waals surface area contributed by atoms with Gasteiger partial charge in [-0.05, 0) is 44.5 Å². The molecule has 1 aromatic carbocycles. The second-order valence-corrected chi connectivity index (χ2v) is 5.57. The SMILES string of the molecule is C[C@H]1C[C@@H](C(=O)Nc2ccc(-n3cncn3)c(F)c2)CCN1. The molecular formula is C15H18FN5O. The molecule has 0 unspecified atom stereocenters. The van der Waals surface area contributed by atoms with Crippen LogP contribution in [0.3, 0.4) is 0 Å². The Morgan fingerprint density at radius 1 is 1.50 bits per heavy atom. The highest BCUT2D eigenvalue weighted by Gasteiger charge is 2.24. The van der Waals surface area contributed by atoms with Gasteiger partial charge in [-0.3, -0.25) is 4.79 Å². The Kier molecular flexibility index (Phi) is 4.15. The van der Waals surface area contributed by atoms with E-state index >= 15 is 0 Å². The molecule has 116 valence electrons. The summed E-state index contributed by atoms with van der Waals surface area (Å²) in [7, 11) is 0. The molecule has 6 nitrogen and oxygen atoms in total. The van der Waals surface area contributed by atoms with E-state index < -0.39 is 5.82 Å². The zero-order valence-electron chi connectivity index (χ0n) is 12.3. The lowest BCUT2D eigenvalue weighted by atomic mass is 9.92. The third-order valence-corrected chi connectivity index (χ3v) is 3.88. The van der Waals surface area contributed by atoms with Crippen LogP contribution in [0.2, 0.25) is 0 Å². The smallest absolute Gasteiger partial charge is 0.227 e. The molecule has 0 spiro atoms. The highest BCUT2D eigenvalue weighted by Crippen LogP contribution is 2.21. The Bertz CT molecular complexity index is 658. The number of hydrogen-bond donors (Lipinski definition) is 2. The van der Waals surface area contributed by atoms with E-state index in [1.54, 1.807) is 12.1 Å². The van der Waals surface area contributed by atoms with Crippen molar-refractivity contribution in [1.29, 1.82) is 0 Å². The van der Waals surface area contributed by atoms with Gasteiger partial charge in [0, 0.05) is 17.6 Å². The zero-order valence-corrected chi connectivity index (χ0v) is 12.3. The molecule has 0 radical (unpaired) electrons. The van der Waals surface area contributed by atoms with Crippen molar-refractivity contribution in [3.8, 4) is 5.69 Å². The lowest BCUT2D eigenvalue weighted by molar-refractivity contribution is -0.120. The van der Waals surface area contributed by atoms with Crippen molar-refractivity contribution in [2.45, 2.75) is 25.8 Å². The molecule has 0 saturated carbocycles. The van der Waals surface area contributed by atoms with E-state index in [2.05, 4.69) is 27.6 Å². The van der Waals surface area contributed by atoms with Crippen LogP contribution >= 0.6 is 0 Å². The van der Waals surface area contributed by atoms with Gasteiger partial charge in [0.15, 0.2) is 5.82 Å². The predicted molar refractivity (Wildman–Crippen MR) is 80.1 cm³/mol. The van der Waals surface area contributed by atoms with E-state index in [0.717, 1.165) is 19.4 Å². The molecule has 2 heterocycles. The highest BCUT2D eigenvalue weighted by molar-refractivity contribution is 5.92. The number of aromatic nitrogens is 3.